The summed E-state index contributed by atoms with van der Waals surface area (Å²) in [5.74, 6) is 0.0490. The van der Waals surface area contributed by atoms with E-state index in [9.17, 15) is 4.79 Å². The van der Waals surface area contributed by atoms with Crippen molar-refractivity contribution in [1.82, 2.24) is 10.9 Å². The maximum atomic E-state index is 12.1. The van der Waals surface area contributed by atoms with Gasteiger partial charge in [0.05, 0.1) is 0 Å². The van der Waals surface area contributed by atoms with Crippen LogP contribution in [0.3, 0.4) is 0 Å². The third kappa shape index (κ3) is 2.17. The zero-order valence-electron chi connectivity index (χ0n) is 11.6. The SMILES string of the molecule is Cc1ccccc1C1(C(N)=O)N=C(c2ccccc2)NN1. The highest BCUT2D eigenvalue weighted by Gasteiger charge is 2.43. The Kier molecular flexibility index (Phi) is 3.19. The Balaban J connectivity index is 2.11. The van der Waals surface area contributed by atoms with Crippen molar-refractivity contribution in [3.8, 4) is 0 Å². The predicted molar refractivity (Wildman–Crippen MR) is 81.3 cm³/mol. The molecule has 21 heavy (non-hydrogen) atoms. The van der Waals surface area contributed by atoms with Crippen LogP contribution in [0.25, 0.3) is 0 Å². The molecule has 1 aliphatic rings. The third-order valence-corrected chi connectivity index (χ3v) is 3.58. The van der Waals surface area contributed by atoms with Gasteiger partial charge in [-0.25, -0.2) is 4.99 Å². The summed E-state index contributed by atoms with van der Waals surface area (Å²) in [6.07, 6.45) is 0. The molecule has 0 saturated carbocycles. The van der Waals surface area contributed by atoms with E-state index in [1.807, 2.05) is 61.5 Å². The highest BCUT2D eigenvalue weighted by Crippen LogP contribution is 2.28. The average Bonchev–Trinajstić information content (AvgIpc) is 2.95. The number of amides is 1. The minimum atomic E-state index is -1.28. The molecule has 0 bridgehead atoms. The van der Waals surface area contributed by atoms with E-state index in [1.165, 1.54) is 0 Å². The number of amidine groups is 1. The van der Waals surface area contributed by atoms with Gasteiger partial charge >= 0.3 is 0 Å². The molecule has 1 atom stereocenters. The number of hydrazine groups is 1. The number of rotatable bonds is 3. The van der Waals surface area contributed by atoms with Gasteiger partial charge < -0.3 is 11.2 Å². The van der Waals surface area contributed by atoms with Gasteiger partial charge in [-0.15, -0.1) is 0 Å². The molecule has 5 nitrogen and oxygen atoms in total. The second-order valence-electron chi connectivity index (χ2n) is 4.97. The van der Waals surface area contributed by atoms with Crippen LogP contribution < -0.4 is 16.6 Å². The molecule has 0 radical (unpaired) electrons. The van der Waals surface area contributed by atoms with Gasteiger partial charge in [0, 0.05) is 11.1 Å². The first-order valence-electron chi connectivity index (χ1n) is 6.68. The number of carbonyl (C=O) groups excluding carboxylic acids is 1. The molecule has 0 fully saturated rings. The molecule has 0 aliphatic carbocycles. The number of primary amides is 1. The Morgan fingerprint density at radius 1 is 1.10 bits per heavy atom. The summed E-state index contributed by atoms with van der Waals surface area (Å²) in [4.78, 5) is 16.6. The first kappa shape index (κ1) is 13.3. The van der Waals surface area contributed by atoms with Crippen LogP contribution in [0.5, 0.6) is 0 Å². The lowest BCUT2D eigenvalue weighted by Gasteiger charge is -2.24. The van der Waals surface area contributed by atoms with E-state index < -0.39 is 11.6 Å². The lowest BCUT2D eigenvalue weighted by atomic mass is 9.95. The number of nitrogens with one attached hydrogen (secondary N) is 2. The summed E-state index contributed by atoms with van der Waals surface area (Å²) in [6.45, 7) is 1.93. The fourth-order valence-electron chi connectivity index (χ4n) is 2.46. The van der Waals surface area contributed by atoms with Crippen LogP contribution in [0, 0.1) is 6.92 Å². The number of hydrogen-bond donors (Lipinski definition) is 3. The van der Waals surface area contributed by atoms with E-state index in [2.05, 4.69) is 15.8 Å². The molecule has 2 aromatic rings. The van der Waals surface area contributed by atoms with Crippen LogP contribution >= 0.6 is 0 Å². The van der Waals surface area contributed by atoms with Crippen molar-refractivity contribution < 1.29 is 4.79 Å². The van der Waals surface area contributed by atoms with Crippen LogP contribution in [0.15, 0.2) is 59.6 Å². The minimum absolute atomic E-state index is 0.546. The fraction of sp³-hybridized carbons (Fsp3) is 0.125. The Bertz CT molecular complexity index is 711. The van der Waals surface area contributed by atoms with Gasteiger partial charge in [0.25, 0.3) is 5.91 Å². The molecule has 0 spiro atoms. The Labute approximate surface area is 122 Å². The van der Waals surface area contributed by atoms with Crippen molar-refractivity contribution in [2.75, 3.05) is 0 Å². The highest BCUT2D eigenvalue weighted by atomic mass is 16.2. The molecule has 106 valence electrons. The van der Waals surface area contributed by atoms with Crippen LogP contribution in [0.1, 0.15) is 16.7 Å². The van der Waals surface area contributed by atoms with E-state index >= 15 is 0 Å². The smallest absolute Gasteiger partial charge is 0.266 e. The van der Waals surface area contributed by atoms with Gasteiger partial charge in [-0.3, -0.25) is 4.79 Å². The van der Waals surface area contributed by atoms with Crippen molar-refractivity contribution in [2.45, 2.75) is 12.6 Å². The Morgan fingerprint density at radius 2 is 1.76 bits per heavy atom. The van der Waals surface area contributed by atoms with Crippen LogP contribution in [-0.2, 0) is 10.5 Å². The van der Waals surface area contributed by atoms with E-state index in [4.69, 9.17) is 5.73 Å². The third-order valence-electron chi connectivity index (χ3n) is 3.58. The van der Waals surface area contributed by atoms with Crippen molar-refractivity contribution in [2.24, 2.45) is 10.7 Å². The average molecular weight is 280 g/mol. The van der Waals surface area contributed by atoms with Gasteiger partial charge in [-0.05, 0) is 12.5 Å². The molecular weight excluding hydrogens is 264 g/mol. The quantitative estimate of drug-likeness (QED) is 0.790. The number of nitrogens with zero attached hydrogens (tertiary/aromatic N) is 1. The largest absolute Gasteiger partial charge is 0.366 e. The van der Waals surface area contributed by atoms with Gasteiger partial charge in [0.15, 0.2) is 0 Å². The van der Waals surface area contributed by atoms with Crippen molar-refractivity contribution in [3.05, 3.63) is 71.3 Å². The first-order valence-corrected chi connectivity index (χ1v) is 6.68. The summed E-state index contributed by atoms with van der Waals surface area (Å²) >= 11 is 0. The molecule has 4 N–H and O–H groups in total. The van der Waals surface area contributed by atoms with Crippen molar-refractivity contribution in [3.63, 3.8) is 0 Å². The number of carbonyl (C=O) groups is 1. The van der Waals surface area contributed by atoms with Gasteiger partial charge in [-0.2, -0.15) is 5.43 Å². The highest BCUT2D eigenvalue weighted by molar-refractivity contribution is 6.03. The van der Waals surface area contributed by atoms with Gasteiger partial charge in [0.1, 0.15) is 5.84 Å². The van der Waals surface area contributed by atoms with Crippen LogP contribution in [0.4, 0.5) is 0 Å². The number of aliphatic imine (C=N–C) groups is 1. The first-order chi connectivity index (χ1) is 10.1. The number of nitrogens with two attached hydrogens (primary N) is 1. The molecule has 1 unspecified atom stereocenters. The molecule has 5 heteroatoms. The van der Waals surface area contributed by atoms with E-state index in [0.29, 0.717) is 5.84 Å². The van der Waals surface area contributed by atoms with E-state index in [-0.39, 0.29) is 0 Å². The number of aryl methyl sites for hydroxylation is 1. The minimum Gasteiger partial charge on any atom is -0.366 e. The predicted octanol–water partition coefficient (Wildman–Crippen LogP) is 1.19. The molecular formula is C16H16N4O. The summed E-state index contributed by atoms with van der Waals surface area (Å²) < 4.78 is 0. The summed E-state index contributed by atoms with van der Waals surface area (Å²) in [5.41, 5.74) is 12.8. The monoisotopic (exact) mass is 280 g/mol. The zero-order valence-corrected chi connectivity index (χ0v) is 11.6. The Hall–Kier alpha value is -2.66. The van der Waals surface area contributed by atoms with Crippen molar-refractivity contribution in [1.29, 1.82) is 0 Å². The lowest BCUT2D eigenvalue weighted by molar-refractivity contribution is -0.124. The second kappa shape index (κ2) is 5.03. The molecule has 1 aliphatic heterocycles. The number of hydrogen-bond acceptors (Lipinski definition) is 4. The summed E-state index contributed by atoms with van der Waals surface area (Å²) in [5, 5.41) is 0. The molecule has 3 rings (SSSR count). The lowest BCUT2D eigenvalue weighted by Crippen LogP contribution is -2.52. The Morgan fingerprint density at radius 3 is 2.43 bits per heavy atom. The zero-order chi connectivity index (χ0) is 14.9. The van der Waals surface area contributed by atoms with E-state index in [0.717, 1.165) is 16.7 Å². The van der Waals surface area contributed by atoms with Gasteiger partial charge in [-0.1, -0.05) is 54.6 Å². The van der Waals surface area contributed by atoms with Crippen molar-refractivity contribution >= 4 is 11.7 Å². The summed E-state index contributed by atoms with van der Waals surface area (Å²) in [6, 6.07) is 17.2. The maximum Gasteiger partial charge on any atom is 0.266 e. The molecule has 2 aromatic carbocycles. The maximum absolute atomic E-state index is 12.1. The van der Waals surface area contributed by atoms with Gasteiger partial charge in [0.2, 0.25) is 5.66 Å². The standard InChI is InChI=1S/C16H16N4O/c1-11-7-5-6-10-13(11)16(15(17)21)18-14(19-20-16)12-8-3-2-4-9-12/h2-10,20H,1H3,(H2,17,21)(H,18,19). The molecule has 0 aromatic heterocycles. The second-order valence-corrected chi connectivity index (χ2v) is 4.97. The summed E-state index contributed by atoms with van der Waals surface area (Å²) in [7, 11) is 0. The number of benzene rings is 2. The van der Waals surface area contributed by atoms with Crippen LogP contribution in [-0.4, -0.2) is 11.7 Å². The molecule has 0 saturated heterocycles. The van der Waals surface area contributed by atoms with Crippen LogP contribution in [0.2, 0.25) is 0 Å². The normalized spacial score (nSPS) is 20.7. The molecule has 1 amide bonds. The van der Waals surface area contributed by atoms with E-state index in [1.54, 1.807) is 0 Å². The topological polar surface area (TPSA) is 79.5 Å². The molecule has 1 heterocycles. The fourth-order valence-corrected chi connectivity index (χ4v) is 2.46.